The van der Waals surface area contributed by atoms with E-state index in [-0.39, 0.29) is 17.4 Å². The van der Waals surface area contributed by atoms with Crippen molar-refractivity contribution in [2.24, 2.45) is 0 Å². The first-order chi connectivity index (χ1) is 11.3. The van der Waals surface area contributed by atoms with Gasteiger partial charge in [-0.05, 0) is 35.9 Å². The van der Waals surface area contributed by atoms with Crippen LogP contribution in [-0.2, 0) is 12.7 Å². The minimum atomic E-state index is -4.54. The number of fused-ring (bicyclic) bond motifs is 1. The Morgan fingerprint density at radius 3 is 2.33 bits per heavy atom. The maximum absolute atomic E-state index is 12.7. The number of aromatic nitrogens is 2. The molecule has 4 nitrogen and oxygen atoms in total. The number of hydrogen-bond donors (Lipinski definition) is 1. The molecule has 0 saturated carbocycles. The topological polar surface area (TPSA) is 54.9 Å². The molecule has 0 radical (unpaired) electrons. The van der Waals surface area contributed by atoms with E-state index in [1.54, 1.807) is 24.3 Å². The first-order valence-corrected chi connectivity index (χ1v) is 7.63. The minimum Gasteiger partial charge on any atom is -0.307 e. The lowest BCUT2D eigenvalue weighted by Gasteiger charge is -2.09. The van der Waals surface area contributed by atoms with Crippen LogP contribution in [0.3, 0.4) is 0 Å². The van der Waals surface area contributed by atoms with E-state index < -0.39 is 23.0 Å². The van der Waals surface area contributed by atoms with Gasteiger partial charge in [-0.15, -0.1) is 0 Å². The molecule has 0 spiro atoms. The Morgan fingerprint density at radius 1 is 1.04 bits per heavy atom. The molecule has 0 unspecified atom stereocenters. The lowest BCUT2D eigenvalue weighted by atomic mass is 10.1. The van der Waals surface area contributed by atoms with E-state index in [0.29, 0.717) is 0 Å². The molecule has 3 rings (SSSR count). The van der Waals surface area contributed by atoms with Crippen LogP contribution in [0.15, 0.2) is 56.5 Å². The third-order valence-electron chi connectivity index (χ3n) is 3.56. The largest absolute Gasteiger partial charge is 0.416 e. The van der Waals surface area contributed by atoms with E-state index in [4.69, 9.17) is 0 Å². The molecule has 2 aromatic carbocycles. The van der Waals surface area contributed by atoms with Crippen molar-refractivity contribution in [3.05, 3.63) is 78.9 Å². The van der Waals surface area contributed by atoms with Crippen molar-refractivity contribution in [2.45, 2.75) is 12.7 Å². The van der Waals surface area contributed by atoms with Gasteiger partial charge in [0.1, 0.15) is 0 Å². The SMILES string of the molecule is O=c1[nH]c2cc(C(F)(F)F)ccc2c(=O)n1Cc1ccc(Br)cc1. The average molecular weight is 399 g/mol. The van der Waals surface area contributed by atoms with Crippen LogP contribution in [0.5, 0.6) is 0 Å². The molecule has 0 fully saturated rings. The molecule has 0 bridgehead atoms. The van der Waals surface area contributed by atoms with E-state index >= 15 is 0 Å². The lowest BCUT2D eigenvalue weighted by molar-refractivity contribution is -0.137. The summed E-state index contributed by atoms with van der Waals surface area (Å²) in [5.74, 6) is 0. The molecule has 0 aliphatic carbocycles. The summed E-state index contributed by atoms with van der Waals surface area (Å²) >= 11 is 3.29. The molecule has 24 heavy (non-hydrogen) atoms. The fourth-order valence-electron chi connectivity index (χ4n) is 2.35. The Morgan fingerprint density at radius 2 is 1.71 bits per heavy atom. The molecule has 0 amide bonds. The molecule has 0 atom stereocenters. The number of rotatable bonds is 2. The molecule has 0 aliphatic heterocycles. The Labute approximate surface area is 141 Å². The Hall–Kier alpha value is -2.35. The summed E-state index contributed by atoms with van der Waals surface area (Å²) in [5.41, 5.74) is -1.72. The van der Waals surface area contributed by atoms with Crippen molar-refractivity contribution in [1.82, 2.24) is 9.55 Å². The highest BCUT2D eigenvalue weighted by Gasteiger charge is 2.30. The van der Waals surface area contributed by atoms with Gasteiger partial charge in [-0.3, -0.25) is 9.36 Å². The number of alkyl halides is 3. The van der Waals surface area contributed by atoms with Gasteiger partial charge in [-0.2, -0.15) is 13.2 Å². The minimum absolute atomic E-state index is 0.0262. The van der Waals surface area contributed by atoms with Gasteiger partial charge in [0.05, 0.1) is 23.0 Å². The van der Waals surface area contributed by atoms with Crippen LogP contribution in [0.2, 0.25) is 0 Å². The maximum atomic E-state index is 12.7. The number of benzene rings is 2. The van der Waals surface area contributed by atoms with Gasteiger partial charge in [0.25, 0.3) is 5.56 Å². The number of hydrogen-bond acceptors (Lipinski definition) is 2. The van der Waals surface area contributed by atoms with Gasteiger partial charge in [-0.1, -0.05) is 28.1 Å². The van der Waals surface area contributed by atoms with Gasteiger partial charge in [0.2, 0.25) is 0 Å². The molecule has 1 heterocycles. The summed E-state index contributed by atoms with van der Waals surface area (Å²) in [4.78, 5) is 26.9. The van der Waals surface area contributed by atoms with Gasteiger partial charge in [0, 0.05) is 4.47 Å². The van der Waals surface area contributed by atoms with Gasteiger partial charge in [-0.25, -0.2) is 4.79 Å². The molecule has 1 aromatic heterocycles. The molecular weight excluding hydrogens is 389 g/mol. The molecule has 1 N–H and O–H groups in total. The van der Waals surface area contributed by atoms with Crippen molar-refractivity contribution >= 4 is 26.8 Å². The molecule has 124 valence electrons. The summed E-state index contributed by atoms with van der Waals surface area (Å²) in [6.07, 6.45) is -4.54. The van der Waals surface area contributed by atoms with Gasteiger partial charge < -0.3 is 4.98 Å². The number of halogens is 4. The van der Waals surface area contributed by atoms with E-state index in [9.17, 15) is 22.8 Å². The van der Waals surface area contributed by atoms with Crippen LogP contribution in [0.1, 0.15) is 11.1 Å². The predicted octanol–water partition coefficient (Wildman–Crippen LogP) is 3.52. The van der Waals surface area contributed by atoms with Crippen molar-refractivity contribution in [2.75, 3.05) is 0 Å². The smallest absolute Gasteiger partial charge is 0.307 e. The average Bonchev–Trinajstić information content (AvgIpc) is 2.52. The molecular formula is C16H10BrF3N2O2. The summed E-state index contributed by atoms with van der Waals surface area (Å²) in [5, 5.41) is 0.0275. The summed E-state index contributed by atoms with van der Waals surface area (Å²) in [6.45, 7) is 0.0262. The van der Waals surface area contributed by atoms with E-state index in [1.807, 2.05) is 0 Å². The number of aromatic amines is 1. The lowest BCUT2D eigenvalue weighted by Crippen LogP contribution is -2.35. The Kier molecular flexibility index (Phi) is 4.08. The number of nitrogens with one attached hydrogen (secondary N) is 1. The van der Waals surface area contributed by atoms with Crippen LogP contribution in [-0.4, -0.2) is 9.55 Å². The van der Waals surface area contributed by atoms with Crippen molar-refractivity contribution < 1.29 is 13.2 Å². The zero-order valence-electron chi connectivity index (χ0n) is 12.0. The van der Waals surface area contributed by atoms with Crippen LogP contribution in [0, 0.1) is 0 Å². The predicted molar refractivity (Wildman–Crippen MR) is 87.1 cm³/mol. The van der Waals surface area contributed by atoms with Gasteiger partial charge >= 0.3 is 11.9 Å². The summed E-state index contributed by atoms with van der Waals surface area (Å²) in [7, 11) is 0. The Balaban J connectivity index is 2.12. The van der Waals surface area contributed by atoms with E-state index in [2.05, 4.69) is 20.9 Å². The van der Waals surface area contributed by atoms with Crippen molar-refractivity contribution in [3.63, 3.8) is 0 Å². The van der Waals surface area contributed by atoms with E-state index in [1.165, 1.54) is 0 Å². The molecule has 0 aliphatic rings. The quantitative estimate of drug-likeness (QED) is 0.717. The van der Waals surface area contributed by atoms with Crippen molar-refractivity contribution in [1.29, 1.82) is 0 Å². The fourth-order valence-corrected chi connectivity index (χ4v) is 2.61. The standard InChI is InChI=1S/C16H10BrF3N2O2/c17-11-4-1-9(2-5-11)8-22-14(23)12-6-3-10(16(18,19)20)7-13(12)21-15(22)24/h1-7H,8H2,(H,21,24). The van der Waals surface area contributed by atoms with Gasteiger partial charge in [0.15, 0.2) is 0 Å². The second kappa shape index (κ2) is 5.94. The van der Waals surface area contributed by atoms with Crippen LogP contribution in [0.4, 0.5) is 13.2 Å². The monoisotopic (exact) mass is 398 g/mol. The zero-order chi connectivity index (χ0) is 17.5. The highest BCUT2D eigenvalue weighted by Crippen LogP contribution is 2.30. The normalized spacial score (nSPS) is 11.8. The molecule has 0 saturated heterocycles. The second-order valence-corrected chi connectivity index (χ2v) is 6.12. The first kappa shape index (κ1) is 16.5. The highest BCUT2D eigenvalue weighted by atomic mass is 79.9. The van der Waals surface area contributed by atoms with Crippen LogP contribution < -0.4 is 11.2 Å². The Bertz CT molecular complexity index is 1020. The second-order valence-electron chi connectivity index (χ2n) is 5.21. The van der Waals surface area contributed by atoms with E-state index in [0.717, 1.165) is 32.8 Å². The van der Waals surface area contributed by atoms with Crippen molar-refractivity contribution in [3.8, 4) is 0 Å². The number of H-pyrrole nitrogens is 1. The zero-order valence-corrected chi connectivity index (χ0v) is 13.6. The summed E-state index contributed by atoms with van der Waals surface area (Å²) < 4.78 is 40.0. The summed E-state index contributed by atoms with van der Waals surface area (Å²) in [6, 6.07) is 9.69. The first-order valence-electron chi connectivity index (χ1n) is 6.84. The molecule has 3 aromatic rings. The van der Waals surface area contributed by atoms with Crippen LogP contribution >= 0.6 is 15.9 Å². The van der Waals surface area contributed by atoms with Crippen LogP contribution in [0.25, 0.3) is 10.9 Å². The third-order valence-corrected chi connectivity index (χ3v) is 4.09. The highest BCUT2D eigenvalue weighted by molar-refractivity contribution is 9.10. The number of nitrogens with zero attached hydrogens (tertiary/aromatic N) is 1. The fraction of sp³-hybridized carbons (Fsp3) is 0.125. The maximum Gasteiger partial charge on any atom is 0.416 e. The third kappa shape index (κ3) is 3.14. The molecule has 8 heteroatoms.